The van der Waals surface area contributed by atoms with Crippen LogP contribution in [0.3, 0.4) is 0 Å². The predicted octanol–water partition coefficient (Wildman–Crippen LogP) is 1.37. The molecule has 0 saturated carbocycles. The number of ether oxygens (including phenoxy) is 1. The molecule has 1 rings (SSSR count). The molecule has 0 saturated heterocycles. The largest absolute Gasteiger partial charge is 0.423 e. The van der Waals surface area contributed by atoms with Gasteiger partial charge in [0.05, 0.1) is 11.3 Å². The zero-order chi connectivity index (χ0) is 9.68. The third-order valence-corrected chi connectivity index (χ3v) is 1.99. The number of carbonyl (C=O) groups is 1. The molecule has 0 spiro atoms. The number of hydrogen-bond acceptors (Lipinski definition) is 3. The van der Waals surface area contributed by atoms with E-state index in [0.717, 1.165) is 9.84 Å². The van der Waals surface area contributed by atoms with Gasteiger partial charge in [-0.3, -0.25) is 0 Å². The Bertz CT molecular complexity index is 354. The second-order valence-corrected chi connectivity index (χ2v) is 3.43. The molecule has 0 heterocycles. The first kappa shape index (κ1) is 10.1. The topological polar surface area (TPSA) is 43.4 Å². The summed E-state index contributed by atoms with van der Waals surface area (Å²) in [7, 11) is 0. The first-order valence-corrected chi connectivity index (χ1v) is 4.91. The SMILES string of the molecule is O=S=CC(=O)Oc1ccc(Br)cc1. The molecular formula is C8H5BrO3S. The summed E-state index contributed by atoms with van der Waals surface area (Å²) in [4.78, 5) is 10.8. The van der Waals surface area contributed by atoms with Crippen molar-refractivity contribution in [3.63, 3.8) is 0 Å². The van der Waals surface area contributed by atoms with Crippen LogP contribution in [0.4, 0.5) is 0 Å². The lowest BCUT2D eigenvalue weighted by Crippen LogP contribution is -2.08. The van der Waals surface area contributed by atoms with Gasteiger partial charge in [-0.25, -0.2) is 9.00 Å². The molecule has 0 radical (unpaired) electrons. The lowest BCUT2D eigenvalue weighted by molar-refractivity contribution is -0.126. The highest BCUT2D eigenvalue weighted by Gasteiger charge is 1.99. The molecule has 0 bridgehead atoms. The second kappa shape index (κ2) is 4.94. The van der Waals surface area contributed by atoms with Crippen molar-refractivity contribution < 1.29 is 13.7 Å². The van der Waals surface area contributed by atoms with Crippen molar-refractivity contribution in [3.05, 3.63) is 28.7 Å². The minimum Gasteiger partial charge on any atom is -0.423 e. The van der Waals surface area contributed by atoms with Gasteiger partial charge >= 0.3 is 5.97 Å². The van der Waals surface area contributed by atoms with Crippen LogP contribution in [0.2, 0.25) is 0 Å². The fraction of sp³-hybridized carbons (Fsp3) is 0. The van der Waals surface area contributed by atoms with Crippen molar-refractivity contribution in [1.82, 2.24) is 0 Å². The monoisotopic (exact) mass is 260 g/mol. The van der Waals surface area contributed by atoms with Gasteiger partial charge in [0, 0.05) is 4.47 Å². The Morgan fingerprint density at radius 3 is 2.54 bits per heavy atom. The highest BCUT2D eigenvalue weighted by Crippen LogP contribution is 2.15. The van der Waals surface area contributed by atoms with E-state index in [9.17, 15) is 9.00 Å². The number of halogens is 1. The van der Waals surface area contributed by atoms with E-state index >= 15 is 0 Å². The molecule has 0 unspecified atom stereocenters. The van der Waals surface area contributed by atoms with Crippen molar-refractivity contribution in [3.8, 4) is 5.75 Å². The number of esters is 1. The van der Waals surface area contributed by atoms with Crippen molar-refractivity contribution in [1.29, 1.82) is 0 Å². The maximum atomic E-state index is 10.8. The fourth-order valence-electron chi connectivity index (χ4n) is 0.682. The van der Waals surface area contributed by atoms with E-state index in [0.29, 0.717) is 5.75 Å². The summed E-state index contributed by atoms with van der Waals surface area (Å²) in [5, 5.41) is 0.863. The molecule has 13 heavy (non-hydrogen) atoms. The van der Waals surface area contributed by atoms with Crippen molar-refractivity contribution in [2.45, 2.75) is 0 Å². The summed E-state index contributed by atoms with van der Waals surface area (Å²) in [6.45, 7) is 0. The zero-order valence-electron chi connectivity index (χ0n) is 6.40. The number of carbonyl (C=O) groups excluding carboxylic acids is 1. The molecule has 0 aliphatic rings. The van der Waals surface area contributed by atoms with Gasteiger partial charge in [-0.15, -0.1) is 0 Å². The average molecular weight is 261 g/mol. The molecule has 0 N–H and O–H groups in total. The smallest absolute Gasteiger partial charge is 0.349 e. The fourth-order valence-corrected chi connectivity index (χ4v) is 1.07. The summed E-state index contributed by atoms with van der Waals surface area (Å²) in [6, 6.07) is 6.75. The van der Waals surface area contributed by atoms with Crippen LogP contribution in [0.15, 0.2) is 28.7 Å². The Balaban J connectivity index is 2.69. The first-order chi connectivity index (χ1) is 6.22. The van der Waals surface area contributed by atoms with Gasteiger partial charge in [0.15, 0.2) is 0 Å². The van der Waals surface area contributed by atoms with Gasteiger partial charge in [-0.2, -0.15) is 0 Å². The third kappa shape index (κ3) is 3.52. The van der Waals surface area contributed by atoms with Crippen LogP contribution in [0, 0.1) is 0 Å². The van der Waals surface area contributed by atoms with Crippen LogP contribution in [0.5, 0.6) is 5.75 Å². The van der Waals surface area contributed by atoms with Gasteiger partial charge in [-0.1, -0.05) is 15.9 Å². The van der Waals surface area contributed by atoms with E-state index in [2.05, 4.69) is 15.9 Å². The zero-order valence-corrected chi connectivity index (χ0v) is 8.80. The maximum Gasteiger partial charge on any atom is 0.349 e. The Morgan fingerprint density at radius 1 is 1.38 bits per heavy atom. The molecule has 3 nitrogen and oxygen atoms in total. The van der Waals surface area contributed by atoms with Crippen molar-refractivity contribution in [2.24, 2.45) is 0 Å². The van der Waals surface area contributed by atoms with E-state index in [1.165, 1.54) is 0 Å². The Labute approximate surface area is 86.9 Å². The van der Waals surface area contributed by atoms with Crippen LogP contribution in [-0.2, 0) is 16.1 Å². The molecule has 0 amide bonds. The molecular weight excluding hydrogens is 256 g/mol. The lowest BCUT2D eigenvalue weighted by atomic mass is 10.3. The van der Waals surface area contributed by atoms with Crippen LogP contribution in [0.25, 0.3) is 0 Å². The minimum atomic E-state index is -0.651. The van der Waals surface area contributed by atoms with Crippen LogP contribution in [0.1, 0.15) is 0 Å². The van der Waals surface area contributed by atoms with Crippen LogP contribution < -0.4 is 4.74 Å². The van der Waals surface area contributed by atoms with E-state index < -0.39 is 5.97 Å². The number of benzene rings is 1. The Kier molecular flexibility index (Phi) is 3.85. The second-order valence-electron chi connectivity index (χ2n) is 2.09. The van der Waals surface area contributed by atoms with Gasteiger partial charge < -0.3 is 4.74 Å². The number of hydrogen-bond donors (Lipinski definition) is 0. The molecule has 1 aromatic carbocycles. The standard InChI is InChI=1S/C8H5BrO3S/c9-6-1-3-7(4-2-6)12-8(10)5-13-11/h1-5H. The highest BCUT2D eigenvalue weighted by molar-refractivity contribution is 9.10. The van der Waals surface area contributed by atoms with E-state index in [1.807, 2.05) is 0 Å². The van der Waals surface area contributed by atoms with E-state index in [1.54, 1.807) is 24.3 Å². The lowest BCUT2D eigenvalue weighted by Gasteiger charge is -1.99. The first-order valence-electron chi connectivity index (χ1n) is 3.31. The predicted molar refractivity (Wildman–Crippen MR) is 54.0 cm³/mol. The molecule has 0 atom stereocenters. The van der Waals surface area contributed by atoms with Crippen LogP contribution >= 0.6 is 15.9 Å². The normalized spacial score (nSPS) is 9.00. The van der Waals surface area contributed by atoms with E-state index in [4.69, 9.17) is 4.74 Å². The molecule has 68 valence electrons. The third-order valence-electron chi connectivity index (χ3n) is 1.18. The molecule has 0 aliphatic carbocycles. The van der Waals surface area contributed by atoms with Crippen molar-refractivity contribution in [2.75, 3.05) is 0 Å². The maximum absolute atomic E-state index is 10.8. The quantitative estimate of drug-likeness (QED) is 0.458. The molecule has 5 heteroatoms. The van der Waals surface area contributed by atoms with Gasteiger partial charge in [-0.05, 0) is 24.3 Å². The van der Waals surface area contributed by atoms with Crippen molar-refractivity contribution >= 4 is 38.5 Å². The summed E-state index contributed by atoms with van der Waals surface area (Å²) < 4.78 is 15.6. The summed E-state index contributed by atoms with van der Waals surface area (Å²) in [5.41, 5.74) is 0. The minimum absolute atomic E-state index is 0.0733. The average Bonchev–Trinajstić information content (AvgIpc) is 2.09. The summed E-state index contributed by atoms with van der Waals surface area (Å²) in [6.07, 6.45) is 0. The van der Waals surface area contributed by atoms with Gasteiger partial charge in [0.2, 0.25) is 0 Å². The highest BCUT2D eigenvalue weighted by atomic mass is 79.9. The van der Waals surface area contributed by atoms with Crippen LogP contribution in [-0.4, -0.2) is 15.5 Å². The van der Waals surface area contributed by atoms with Gasteiger partial charge in [0.1, 0.15) is 11.1 Å². The summed E-state index contributed by atoms with van der Waals surface area (Å²) in [5.74, 6) is -0.235. The molecule has 1 aromatic rings. The Hall–Kier alpha value is -0.940. The molecule has 0 aromatic heterocycles. The Morgan fingerprint density at radius 2 is 2.00 bits per heavy atom. The number of rotatable bonds is 2. The molecule has 0 fully saturated rings. The van der Waals surface area contributed by atoms with E-state index in [-0.39, 0.29) is 11.3 Å². The molecule has 0 aliphatic heterocycles. The summed E-state index contributed by atoms with van der Waals surface area (Å²) >= 11 is 3.31. The van der Waals surface area contributed by atoms with Gasteiger partial charge in [0.25, 0.3) is 0 Å².